The molecule has 2 aromatic rings. The molecule has 0 saturated heterocycles. The van der Waals surface area contributed by atoms with E-state index < -0.39 is 0 Å². The molecular weight excluding hydrogens is 164 g/mol. The van der Waals surface area contributed by atoms with Crippen LogP contribution in [0, 0.1) is 6.92 Å². The van der Waals surface area contributed by atoms with Gasteiger partial charge in [-0.15, -0.1) is 0 Å². The van der Waals surface area contributed by atoms with Crippen LogP contribution in [0.15, 0.2) is 36.7 Å². The molecule has 0 saturated carbocycles. The predicted molar refractivity (Wildman–Crippen MR) is 50.0 cm³/mol. The van der Waals surface area contributed by atoms with Crippen LogP contribution in [0.5, 0.6) is 5.75 Å². The highest BCUT2D eigenvalue weighted by Gasteiger charge is 2.00. The van der Waals surface area contributed by atoms with Crippen LogP contribution in [0.4, 0.5) is 0 Å². The van der Waals surface area contributed by atoms with Crippen molar-refractivity contribution in [3.8, 4) is 11.4 Å². The fourth-order valence-corrected chi connectivity index (χ4v) is 1.27. The Morgan fingerprint density at radius 2 is 2.08 bits per heavy atom. The molecule has 0 aliphatic heterocycles. The third-order valence-electron chi connectivity index (χ3n) is 1.93. The highest BCUT2D eigenvalue weighted by molar-refractivity contribution is 5.39. The molecule has 3 nitrogen and oxygen atoms in total. The molecule has 0 atom stereocenters. The van der Waals surface area contributed by atoms with E-state index in [9.17, 15) is 0 Å². The van der Waals surface area contributed by atoms with Gasteiger partial charge >= 0.3 is 0 Å². The average Bonchev–Trinajstić information content (AvgIpc) is 2.53. The molecular formula is C10H10N2O. The Kier molecular flexibility index (Phi) is 1.77. The first-order valence-corrected chi connectivity index (χ1v) is 4.07. The minimum Gasteiger partial charge on any atom is -0.505 e. The van der Waals surface area contributed by atoms with Crippen LogP contribution in [0.25, 0.3) is 5.69 Å². The summed E-state index contributed by atoms with van der Waals surface area (Å²) in [6.07, 6.45) is 3.01. The Morgan fingerprint density at radius 3 is 2.69 bits per heavy atom. The lowest BCUT2D eigenvalue weighted by Crippen LogP contribution is -1.96. The van der Waals surface area contributed by atoms with E-state index in [-0.39, 0.29) is 5.75 Å². The Labute approximate surface area is 76.3 Å². The predicted octanol–water partition coefficient (Wildman–Crippen LogP) is 1.89. The van der Waals surface area contributed by atoms with Gasteiger partial charge in [-0.1, -0.05) is 18.2 Å². The minimum atomic E-state index is 0.184. The fraction of sp³-hybridized carbons (Fsp3) is 0.100. The molecule has 0 amide bonds. The molecule has 0 aliphatic carbocycles. The smallest absolute Gasteiger partial charge is 0.153 e. The maximum atomic E-state index is 9.12. The molecule has 1 N–H and O–H groups in total. The van der Waals surface area contributed by atoms with Crippen molar-refractivity contribution in [3.05, 3.63) is 42.2 Å². The number of aromatic hydroxyl groups is 1. The van der Waals surface area contributed by atoms with E-state index in [0.29, 0.717) is 0 Å². The van der Waals surface area contributed by atoms with E-state index in [2.05, 4.69) is 5.10 Å². The normalized spacial score (nSPS) is 10.2. The van der Waals surface area contributed by atoms with Crippen molar-refractivity contribution in [3.63, 3.8) is 0 Å². The number of hydrogen-bond acceptors (Lipinski definition) is 2. The van der Waals surface area contributed by atoms with Gasteiger partial charge < -0.3 is 5.11 Å². The summed E-state index contributed by atoms with van der Waals surface area (Å²) in [5, 5.41) is 13.1. The van der Waals surface area contributed by atoms with E-state index in [1.165, 1.54) is 6.20 Å². The maximum Gasteiger partial charge on any atom is 0.153 e. The molecule has 1 aromatic heterocycles. The molecule has 1 heterocycles. The van der Waals surface area contributed by atoms with Crippen molar-refractivity contribution in [1.82, 2.24) is 9.78 Å². The van der Waals surface area contributed by atoms with Crippen LogP contribution >= 0.6 is 0 Å². The lowest BCUT2D eigenvalue weighted by Gasteiger charge is -2.03. The SMILES string of the molecule is Cc1ccccc1-n1cc(O)cn1. The number of para-hydroxylation sites is 1. The molecule has 0 aliphatic rings. The van der Waals surface area contributed by atoms with Crippen LogP contribution in [0.1, 0.15) is 5.56 Å². The molecule has 0 unspecified atom stereocenters. The summed E-state index contributed by atoms with van der Waals surface area (Å²) >= 11 is 0. The Balaban J connectivity index is 2.52. The molecule has 0 fully saturated rings. The second-order valence-electron chi connectivity index (χ2n) is 2.93. The van der Waals surface area contributed by atoms with Crippen molar-refractivity contribution in [2.75, 3.05) is 0 Å². The topological polar surface area (TPSA) is 38.0 Å². The van der Waals surface area contributed by atoms with Gasteiger partial charge in [0.25, 0.3) is 0 Å². The number of benzene rings is 1. The number of aromatic nitrogens is 2. The Bertz CT molecular complexity index is 420. The van der Waals surface area contributed by atoms with Crippen LogP contribution in [0.3, 0.4) is 0 Å². The van der Waals surface area contributed by atoms with E-state index in [1.54, 1.807) is 10.9 Å². The molecule has 1 aromatic carbocycles. The van der Waals surface area contributed by atoms with E-state index >= 15 is 0 Å². The summed E-state index contributed by atoms with van der Waals surface area (Å²) in [5.74, 6) is 0.184. The number of hydrogen-bond donors (Lipinski definition) is 1. The maximum absolute atomic E-state index is 9.12. The largest absolute Gasteiger partial charge is 0.505 e. The van der Waals surface area contributed by atoms with Crippen molar-refractivity contribution in [2.45, 2.75) is 6.92 Å². The minimum absolute atomic E-state index is 0.184. The van der Waals surface area contributed by atoms with E-state index in [4.69, 9.17) is 5.11 Å². The molecule has 66 valence electrons. The van der Waals surface area contributed by atoms with Crippen molar-refractivity contribution in [2.24, 2.45) is 0 Å². The second kappa shape index (κ2) is 2.94. The lowest BCUT2D eigenvalue weighted by atomic mass is 10.2. The molecule has 0 radical (unpaired) electrons. The zero-order chi connectivity index (χ0) is 9.26. The lowest BCUT2D eigenvalue weighted by molar-refractivity contribution is 0.475. The van der Waals surface area contributed by atoms with Crippen molar-refractivity contribution < 1.29 is 5.11 Å². The first-order valence-electron chi connectivity index (χ1n) is 4.07. The van der Waals surface area contributed by atoms with Gasteiger partial charge in [0.15, 0.2) is 5.75 Å². The summed E-state index contributed by atoms with van der Waals surface area (Å²) in [7, 11) is 0. The number of nitrogens with zero attached hydrogens (tertiary/aromatic N) is 2. The summed E-state index contributed by atoms with van der Waals surface area (Å²) in [5.41, 5.74) is 2.12. The van der Waals surface area contributed by atoms with Crippen LogP contribution in [-0.2, 0) is 0 Å². The highest BCUT2D eigenvalue weighted by Crippen LogP contribution is 2.15. The van der Waals surface area contributed by atoms with Crippen LogP contribution < -0.4 is 0 Å². The van der Waals surface area contributed by atoms with Gasteiger partial charge in [-0.3, -0.25) is 0 Å². The van der Waals surface area contributed by atoms with Gasteiger partial charge in [0, 0.05) is 0 Å². The quantitative estimate of drug-likeness (QED) is 0.716. The van der Waals surface area contributed by atoms with E-state index in [0.717, 1.165) is 11.3 Å². The average molecular weight is 174 g/mol. The third kappa shape index (κ3) is 1.40. The third-order valence-corrected chi connectivity index (χ3v) is 1.93. The van der Waals surface area contributed by atoms with Crippen molar-refractivity contribution >= 4 is 0 Å². The number of rotatable bonds is 1. The molecule has 0 spiro atoms. The summed E-state index contributed by atoms with van der Waals surface area (Å²) in [6, 6.07) is 7.89. The fourth-order valence-electron chi connectivity index (χ4n) is 1.27. The van der Waals surface area contributed by atoms with E-state index in [1.807, 2.05) is 31.2 Å². The summed E-state index contributed by atoms with van der Waals surface area (Å²) in [4.78, 5) is 0. The zero-order valence-corrected chi connectivity index (χ0v) is 7.31. The standard InChI is InChI=1S/C10H10N2O/c1-8-4-2-3-5-10(8)12-7-9(13)6-11-12/h2-7,13H,1H3. The Morgan fingerprint density at radius 1 is 1.31 bits per heavy atom. The van der Waals surface area contributed by atoms with Gasteiger partial charge in [0.2, 0.25) is 0 Å². The van der Waals surface area contributed by atoms with Gasteiger partial charge in [-0.05, 0) is 18.6 Å². The van der Waals surface area contributed by atoms with Gasteiger partial charge in [0.05, 0.1) is 18.1 Å². The molecule has 2 rings (SSSR count). The first kappa shape index (κ1) is 7.86. The highest BCUT2D eigenvalue weighted by atomic mass is 16.3. The summed E-state index contributed by atoms with van der Waals surface area (Å²) < 4.78 is 1.66. The summed E-state index contributed by atoms with van der Waals surface area (Å²) in [6.45, 7) is 2.01. The zero-order valence-electron chi connectivity index (χ0n) is 7.31. The van der Waals surface area contributed by atoms with Gasteiger partial charge in [0.1, 0.15) is 0 Å². The second-order valence-corrected chi connectivity index (χ2v) is 2.93. The van der Waals surface area contributed by atoms with Crippen molar-refractivity contribution in [1.29, 1.82) is 0 Å². The molecule has 13 heavy (non-hydrogen) atoms. The van der Waals surface area contributed by atoms with Gasteiger partial charge in [-0.25, -0.2) is 4.68 Å². The van der Waals surface area contributed by atoms with Gasteiger partial charge in [-0.2, -0.15) is 5.10 Å². The van der Waals surface area contributed by atoms with Crippen LogP contribution in [0.2, 0.25) is 0 Å². The molecule has 3 heteroatoms. The molecule has 0 bridgehead atoms. The first-order chi connectivity index (χ1) is 6.27. The Hall–Kier alpha value is -1.77. The monoisotopic (exact) mass is 174 g/mol. The number of aryl methyl sites for hydroxylation is 1. The van der Waals surface area contributed by atoms with Crippen LogP contribution in [-0.4, -0.2) is 14.9 Å².